The molecule has 0 radical (unpaired) electrons. The van der Waals surface area contributed by atoms with Crippen molar-refractivity contribution in [3.8, 4) is 0 Å². The van der Waals surface area contributed by atoms with E-state index in [1.807, 2.05) is 24.3 Å². The maximum atomic E-state index is 12.0. The SMILES string of the molecule is CC1(C)CCC(C(=O)N=C(N)N)=Cc2ccccc21.CS(=O)(=O)O. The highest BCUT2D eigenvalue weighted by Gasteiger charge is 2.27. The van der Waals surface area contributed by atoms with E-state index in [2.05, 4.69) is 24.9 Å². The molecule has 1 aromatic carbocycles. The number of guanidine groups is 1. The Morgan fingerprint density at radius 2 is 1.79 bits per heavy atom. The lowest BCUT2D eigenvalue weighted by Crippen LogP contribution is -2.24. The molecule has 24 heavy (non-hydrogen) atoms. The van der Waals surface area contributed by atoms with Crippen LogP contribution in [0, 0.1) is 0 Å². The van der Waals surface area contributed by atoms with Crippen LogP contribution in [-0.4, -0.2) is 31.1 Å². The van der Waals surface area contributed by atoms with Gasteiger partial charge in [-0.05, 0) is 35.5 Å². The van der Waals surface area contributed by atoms with E-state index in [0.717, 1.165) is 12.0 Å². The molecule has 1 aliphatic carbocycles. The summed E-state index contributed by atoms with van der Waals surface area (Å²) in [5, 5.41) is 0. The fourth-order valence-electron chi connectivity index (χ4n) is 2.44. The Kier molecular flexibility index (Phi) is 6.28. The van der Waals surface area contributed by atoms with Crippen LogP contribution in [0.5, 0.6) is 0 Å². The molecule has 0 saturated heterocycles. The molecule has 0 heterocycles. The predicted octanol–water partition coefficient (Wildman–Crippen LogP) is 1.45. The van der Waals surface area contributed by atoms with Gasteiger partial charge in [0.15, 0.2) is 5.96 Å². The third-order valence-corrected chi connectivity index (χ3v) is 3.54. The summed E-state index contributed by atoms with van der Waals surface area (Å²) < 4.78 is 25.9. The molecule has 0 saturated carbocycles. The smallest absolute Gasteiger partial charge is 0.276 e. The Hall–Kier alpha value is -2.19. The Labute approximate surface area is 142 Å². The minimum atomic E-state index is -3.67. The van der Waals surface area contributed by atoms with Crippen LogP contribution in [0.4, 0.5) is 0 Å². The van der Waals surface area contributed by atoms with Gasteiger partial charge in [-0.1, -0.05) is 38.1 Å². The molecule has 8 heteroatoms. The lowest BCUT2D eigenvalue weighted by molar-refractivity contribution is -0.114. The van der Waals surface area contributed by atoms with Crippen molar-refractivity contribution in [2.75, 3.05) is 6.26 Å². The van der Waals surface area contributed by atoms with Gasteiger partial charge >= 0.3 is 0 Å². The molecule has 0 unspecified atom stereocenters. The summed E-state index contributed by atoms with van der Waals surface area (Å²) in [6, 6.07) is 8.13. The largest absolute Gasteiger partial charge is 0.370 e. The van der Waals surface area contributed by atoms with Crippen LogP contribution in [0.3, 0.4) is 0 Å². The molecule has 0 bridgehead atoms. The Bertz CT molecular complexity index is 768. The first-order valence-electron chi connectivity index (χ1n) is 7.26. The van der Waals surface area contributed by atoms with Crippen LogP contribution < -0.4 is 11.5 Å². The van der Waals surface area contributed by atoms with E-state index in [4.69, 9.17) is 16.0 Å². The number of hydrogen-bond acceptors (Lipinski definition) is 3. The fraction of sp³-hybridized carbons (Fsp3) is 0.375. The summed E-state index contributed by atoms with van der Waals surface area (Å²) >= 11 is 0. The maximum absolute atomic E-state index is 12.0. The van der Waals surface area contributed by atoms with Gasteiger partial charge < -0.3 is 11.5 Å². The summed E-state index contributed by atoms with van der Waals surface area (Å²) in [6.45, 7) is 4.38. The summed E-state index contributed by atoms with van der Waals surface area (Å²) in [5.41, 5.74) is 13.5. The number of aliphatic imine (C=N–C) groups is 1. The van der Waals surface area contributed by atoms with E-state index < -0.39 is 10.1 Å². The monoisotopic (exact) mass is 353 g/mol. The first-order valence-corrected chi connectivity index (χ1v) is 9.11. The van der Waals surface area contributed by atoms with Crippen LogP contribution in [-0.2, 0) is 20.3 Å². The normalized spacial score (nSPS) is 15.8. The highest BCUT2D eigenvalue weighted by Crippen LogP contribution is 2.36. The third kappa shape index (κ3) is 6.51. The number of hydrogen-bond donors (Lipinski definition) is 3. The second-order valence-electron chi connectivity index (χ2n) is 6.22. The van der Waals surface area contributed by atoms with Gasteiger partial charge in [0.1, 0.15) is 0 Å². The van der Waals surface area contributed by atoms with Gasteiger partial charge in [-0.15, -0.1) is 0 Å². The van der Waals surface area contributed by atoms with Crippen molar-refractivity contribution in [3.63, 3.8) is 0 Å². The van der Waals surface area contributed by atoms with E-state index in [-0.39, 0.29) is 17.3 Å². The van der Waals surface area contributed by atoms with E-state index in [9.17, 15) is 13.2 Å². The van der Waals surface area contributed by atoms with E-state index in [0.29, 0.717) is 18.2 Å². The Morgan fingerprint density at radius 3 is 2.33 bits per heavy atom. The molecule has 132 valence electrons. The fourth-order valence-corrected chi connectivity index (χ4v) is 2.44. The Morgan fingerprint density at radius 1 is 1.25 bits per heavy atom. The highest BCUT2D eigenvalue weighted by atomic mass is 32.2. The lowest BCUT2D eigenvalue weighted by atomic mass is 9.79. The first-order chi connectivity index (χ1) is 10.9. The van der Waals surface area contributed by atoms with Crippen molar-refractivity contribution in [2.45, 2.75) is 32.1 Å². The molecule has 2 rings (SSSR count). The van der Waals surface area contributed by atoms with Crippen molar-refractivity contribution >= 4 is 28.1 Å². The van der Waals surface area contributed by atoms with Gasteiger partial charge in [0, 0.05) is 5.57 Å². The number of nitrogens with two attached hydrogens (primary N) is 2. The molecule has 1 aromatic rings. The zero-order chi connectivity index (χ0) is 18.5. The number of benzene rings is 1. The number of nitrogens with zero attached hydrogens (tertiary/aromatic N) is 1. The molecular formula is C16H23N3O4S. The molecule has 5 N–H and O–H groups in total. The molecule has 1 amide bonds. The van der Waals surface area contributed by atoms with E-state index in [1.54, 1.807) is 0 Å². The van der Waals surface area contributed by atoms with Gasteiger partial charge in [0.05, 0.1) is 6.26 Å². The van der Waals surface area contributed by atoms with Crippen LogP contribution in [0.1, 0.15) is 37.8 Å². The average Bonchev–Trinajstić information content (AvgIpc) is 2.53. The second kappa shape index (κ2) is 7.59. The van der Waals surface area contributed by atoms with Crippen molar-refractivity contribution < 1.29 is 17.8 Å². The molecule has 0 spiro atoms. The number of fused-ring (bicyclic) bond motifs is 1. The van der Waals surface area contributed by atoms with Crippen molar-refractivity contribution in [1.29, 1.82) is 0 Å². The number of amides is 1. The standard InChI is InChI=1S/C15H19N3O.CH4O3S/c1-15(2)8-7-11(13(19)18-14(16)17)9-10-5-3-4-6-12(10)15;1-5(2,3)4/h3-6,9H,7-8H2,1-2H3,(H4,16,17,18,19);1H3,(H,2,3,4). The minimum Gasteiger partial charge on any atom is -0.370 e. The number of carbonyl (C=O) groups excluding carboxylic acids is 1. The molecule has 7 nitrogen and oxygen atoms in total. The van der Waals surface area contributed by atoms with E-state index >= 15 is 0 Å². The van der Waals surface area contributed by atoms with Crippen molar-refractivity contribution in [1.82, 2.24) is 0 Å². The van der Waals surface area contributed by atoms with Crippen LogP contribution in [0.2, 0.25) is 0 Å². The van der Waals surface area contributed by atoms with Crippen molar-refractivity contribution in [2.24, 2.45) is 16.5 Å². The van der Waals surface area contributed by atoms with Gasteiger partial charge in [0.25, 0.3) is 16.0 Å². The average molecular weight is 353 g/mol. The minimum absolute atomic E-state index is 0.0348. The maximum Gasteiger partial charge on any atom is 0.276 e. The zero-order valence-electron chi connectivity index (χ0n) is 14.0. The summed E-state index contributed by atoms with van der Waals surface area (Å²) in [5.74, 6) is -0.532. The summed E-state index contributed by atoms with van der Waals surface area (Å²) in [6.07, 6.45) is 4.19. The number of rotatable bonds is 1. The Balaban J connectivity index is 0.000000505. The second-order valence-corrected chi connectivity index (χ2v) is 7.68. The van der Waals surface area contributed by atoms with E-state index in [1.165, 1.54) is 5.56 Å². The molecule has 0 aliphatic heterocycles. The van der Waals surface area contributed by atoms with Crippen molar-refractivity contribution in [3.05, 3.63) is 41.0 Å². The summed E-state index contributed by atoms with van der Waals surface area (Å²) in [4.78, 5) is 15.6. The van der Waals surface area contributed by atoms with Gasteiger partial charge in [-0.3, -0.25) is 9.35 Å². The molecule has 1 aliphatic rings. The van der Waals surface area contributed by atoms with Gasteiger partial charge in [-0.2, -0.15) is 13.4 Å². The van der Waals surface area contributed by atoms with Crippen LogP contribution in [0.25, 0.3) is 6.08 Å². The van der Waals surface area contributed by atoms with Crippen LogP contribution in [0.15, 0.2) is 34.8 Å². The predicted molar refractivity (Wildman–Crippen MR) is 95.0 cm³/mol. The zero-order valence-corrected chi connectivity index (χ0v) is 14.8. The lowest BCUT2D eigenvalue weighted by Gasteiger charge is -2.25. The molecule has 0 fully saturated rings. The molecule has 0 atom stereocenters. The molecule has 0 aromatic heterocycles. The highest BCUT2D eigenvalue weighted by molar-refractivity contribution is 7.85. The van der Waals surface area contributed by atoms with Crippen LogP contribution >= 0.6 is 0 Å². The number of carbonyl (C=O) groups is 1. The van der Waals surface area contributed by atoms with Gasteiger partial charge in [0.2, 0.25) is 0 Å². The van der Waals surface area contributed by atoms with Gasteiger partial charge in [-0.25, -0.2) is 0 Å². The quantitative estimate of drug-likeness (QED) is 0.397. The molecular weight excluding hydrogens is 330 g/mol. The summed E-state index contributed by atoms with van der Waals surface area (Å²) in [7, 11) is -3.67. The first kappa shape index (κ1) is 19.9. The third-order valence-electron chi connectivity index (χ3n) is 3.54. The topological polar surface area (TPSA) is 136 Å².